The van der Waals surface area contributed by atoms with E-state index >= 15 is 0 Å². The molecular formula is C9H10N4O4S. The molecule has 1 fully saturated rings. The van der Waals surface area contributed by atoms with Crippen LogP contribution in [0.3, 0.4) is 0 Å². The number of aliphatic hydroxyl groups is 1. The molecule has 8 nitrogen and oxygen atoms in total. The van der Waals surface area contributed by atoms with Crippen LogP contribution in [0.5, 0.6) is 0 Å². The van der Waals surface area contributed by atoms with Crippen molar-refractivity contribution < 1.29 is 9.84 Å². The fourth-order valence-electron chi connectivity index (χ4n) is 1.88. The van der Waals surface area contributed by atoms with Gasteiger partial charge in [-0.25, -0.2) is 9.59 Å². The molecule has 0 saturated carbocycles. The molecule has 96 valence electrons. The number of H-pyrrole nitrogens is 2. The molecule has 3 rings (SSSR count). The average molecular weight is 270 g/mol. The number of ether oxygens (including phenoxy) is 1. The average Bonchev–Trinajstić information content (AvgIpc) is 2.93. The molecule has 1 saturated heterocycles. The first-order valence-electron chi connectivity index (χ1n) is 5.27. The van der Waals surface area contributed by atoms with E-state index in [9.17, 15) is 9.59 Å². The maximum absolute atomic E-state index is 11.5. The van der Waals surface area contributed by atoms with Gasteiger partial charge in [-0.15, -0.1) is 11.8 Å². The quantitative estimate of drug-likeness (QED) is 0.634. The number of thioether (sulfide) groups is 1. The molecule has 2 aromatic rings. The van der Waals surface area contributed by atoms with E-state index < -0.39 is 11.4 Å². The number of nitrogens with one attached hydrogen (secondary N) is 2. The van der Waals surface area contributed by atoms with Crippen LogP contribution in [0, 0.1) is 0 Å². The zero-order valence-electron chi connectivity index (χ0n) is 9.12. The Morgan fingerprint density at radius 1 is 1.56 bits per heavy atom. The zero-order valence-corrected chi connectivity index (χ0v) is 9.94. The van der Waals surface area contributed by atoms with Crippen LogP contribution in [0.15, 0.2) is 15.8 Å². The highest BCUT2D eigenvalue weighted by molar-refractivity contribution is 8.00. The van der Waals surface area contributed by atoms with Crippen molar-refractivity contribution in [2.45, 2.75) is 11.5 Å². The number of aromatic nitrogens is 4. The first-order valence-corrected chi connectivity index (χ1v) is 6.32. The molecule has 3 heterocycles. The van der Waals surface area contributed by atoms with E-state index in [-0.39, 0.29) is 18.1 Å². The van der Waals surface area contributed by atoms with Crippen LogP contribution in [0.1, 0.15) is 11.7 Å². The van der Waals surface area contributed by atoms with E-state index in [0.29, 0.717) is 17.0 Å². The van der Waals surface area contributed by atoms with Crippen molar-refractivity contribution in [3.05, 3.63) is 32.7 Å². The molecule has 2 unspecified atom stereocenters. The highest BCUT2D eigenvalue weighted by Crippen LogP contribution is 2.35. The van der Waals surface area contributed by atoms with Gasteiger partial charge in [0, 0.05) is 11.3 Å². The molecule has 2 aromatic heterocycles. The zero-order chi connectivity index (χ0) is 12.7. The molecule has 0 amide bonds. The Hall–Kier alpha value is -1.58. The lowest BCUT2D eigenvalue weighted by Crippen LogP contribution is -2.28. The monoisotopic (exact) mass is 270 g/mol. The fraction of sp³-hybridized carbons (Fsp3) is 0.444. The van der Waals surface area contributed by atoms with Crippen LogP contribution in [0.4, 0.5) is 0 Å². The number of fused-ring (bicyclic) bond motifs is 1. The maximum Gasteiger partial charge on any atom is 0.352 e. The van der Waals surface area contributed by atoms with Crippen LogP contribution < -0.4 is 11.4 Å². The van der Waals surface area contributed by atoms with E-state index in [2.05, 4.69) is 15.1 Å². The summed E-state index contributed by atoms with van der Waals surface area (Å²) in [5, 5.41) is 12.9. The molecule has 18 heavy (non-hydrogen) atoms. The van der Waals surface area contributed by atoms with Gasteiger partial charge in [-0.2, -0.15) is 9.61 Å². The molecule has 0 radical (unpaired) electrons. The van der Waals surface area contributed by atoms with Gasteiger partial charge in [-0.3, -0.25) is 9.97 Å². The van der Waals surface area contributed by atoms with Crippen LogP contribution >= 0.6 is 11.8 Å². The third kappa shape index (κ3) is 1.76. The Bertz CT molecular complexity index is 690. The third-order valence-corrected chi connectivity index (χ3v) is 3.81. The maximum atomic E-state index is 11.5. The van der Waals surface area contributed by atoms with Crippen molar-refractivity contribution >= 4 is 17.4 Å². The van der Waals surface area contributed by atoms with Gasteiger partial charge in [0.1, 0.15) is 11.1 Å². The smallest absolute Gasteiger partial charge is 0.352 e. The minimum atomic E-state index is -0.593. The molecule has 0 bridgehead atoms. The summed E-state index contributed by atoms with van der Waals surface area (Å²) in [4.78, 5) is 27.3. The lowest BCUT2D eigenvalue weighted by molar-refractivity contribution is 0.0350. The van der Waals surface area contributed by atoms with Gasteiger partial charge >= 0.3 is 11.4 Å². The van der Waals surface area contributed by atoms with Gasteiger partial charge in [-0.1, -0.05) is 0 Å². The molecule has 0 aromatic carbocycles. The van der Waals surface area contributed by atoms with Crippen LogP contribution in [-0.2, 0) is 4.74 Å². The summed E-state index contributed by atoms with van der Waals surface area (Å²) in [7, 11) is 0. The molecule has 0 aliphatic carbocycles. The van der Waals surface area contributed by atoms with E-state index in [1.807, 2.05) is 0 Å². The third-order valence-electron chi connectivity index (χ3n) is 2.69. The molecule has 9 heteroatoms. The normalized spacial score (nSPS) is 23.8. The van der Waals surface area contributed by atoms with Crippen molar-refractivity contribution in [1.82, 2.24) is 19.6 Å². The molecule has 3 N–H and O–H groups in total. The van der Waals surface area contributed by atoms with Crippen LogP contribution in [-0.4, -0.2) is 42.5 Å². The van der Waals surface area contributed by atoms with Crippen molar-refractivity contribution in [3.8, 4) is 0 Å². The minimum absolute atomic E-state index is 0.0719. The van der Waals surface area contributed by atoms with Gasteiger partial charge in [0.05, 0.1) is 18.9 Å². The summed E-state index contributed by atoms with van der Waals surface area (Å²) >= 11 is 1.48. The number of aliphatic hydroxyl groups excluding tert-OH is 1. The Morgan fingerprint density at radius 3 is 3.11 bits per heavy atom. The second-order valence-electron chi connectivity index (χ2n) is 3.81. The van der Waals surface area contributed by atoms with Gasteiger partial charge in [0.2, 0.25) is 0 Å². The number of rotatable bonds is 2. The molecule has 1 aliphatic heterocycles. The standard InChI is InChI=1S/C9H10N4O4S/c14-2-6-17-5(3-18-6)4-1-10-13-7(4)11-8(15)12-9(13)16/h1,5-6,14H,2-3H2,(H2,11,12,15,16). The van der Waals surface area contributed by atoms with Gasteiger partial charge < -0.3 is 9.84 Å². The fourth-order valence-corrected chi connectivity index (χ4v) is 2.85. The Labute approximate surface area is 104 Å². The predicted octanol–water partition coefficient (Wildman–Crippen LogP) is -1.17. The Kier molecular flexibility index (Phi) is 2.73. The molecule has 2 atom stereocenters. The van der Waals surface area contributed by atoms with Crippen LogP contribution in [0.25, 0.3) is 5.65 Å². The van der Waals surface area contributed by atoms with E-state index in [0.717, 1.165) is 4.52 Å². The minimum Gasteiger partial charge on any atom is -0.393 e. The first kappa shape index (κ1) is 11.5. The summed E-state index contributed by atoms with van der Waals surface area (Å²) in [5.41, 5.74) is -0.490. The van der Waals surface area contributed by atoms with Crippen molar-refractivity contribution in [2.75, 3.05) is 12.4 Å². The second-order valence-corrected chi connectivity index (χ2v) is 5.01. The van der Waals surface area contributed by atoms with Gasteiger partial charge in [0.15, 0.2) is 0 Å². The summed E-state index contributed by atoms with van der Waals surface area (Å²) in [6.07, 6.45) is 1.20. The Balaban J connectivity index is 2.08. The molecule has 0 spiro atoms. The summed E-state index contributed by atoms with van der Waals surface area (Å²) in [5.74, 6) is 0.640. The largest absolute Gasteiger partial charge is 0.393 e. The number of hydrogen-bond acceptors (Lipinski definition) is 6. The molecule has 1 aliphatic rings. The van der Waals surface area contributed by atoms with E-state index in [1.165, 1.54) is 18.0 Å². The summed E-state index contributed by atoms with van der Waals surface area (Å²) < 4.78 is 6.65. The Morgan fingerprint density at radius 2 is 2.39 bits per heavy atom. The van der Waals surface area contributed by atoms with Crippen molar-refractivity contribution in [1.29, 1.82) is 0 Å². The highest BCUT2D eigenvalue weighted by Gasteiger charge is 2.29. The van der Waals surface area contributed by atoms with E-state index in [4.69, 9.17) is 9.84 Å². The second kappa shape index (κ2) is 4.26. The molecular weight excluding hydrogens is 260 g/mol. The van der Waals surface area contributed by atoms with Crippen molar-refractivity contribution in [3.63, 3.8) is 0 Å². The van der Waals surface area contributed by atoms with E-state index in [1.54, 1.807) is 0 Å². The number of aromatic amines is 2. The summed E-state index contributed by atoms with van der Waals surface area (Å²) in [6, 6.07) is 0. The first-order chi connectivity index (χ1) is 8.69. The highest BCUT2D eigenvalue weighted by atomic mass is 32.2. The number of hydrogen-bond donors (Lipinski definition) is 3. The van der Waals surface area contributed by atoms with Gasteiger partial charge in [0.25, 0.3) is 0 Å². The lowest BCUT2D eigenvalue weighted by Gasteiger charge is -2.08. The lowest BCUT2D eigenvalue weighted by atomic mass is 10.2. The number of nitrogens with zero attached hydrogens (tertiary/aromatic N) is 2. The topological polar surface area (TPSA) is 112 Å². The predicted molar refractivity (Wildman–Crippen MR) is 63.6 cm³/mol. The van der Waals surface area contributed by atoms with Crippen LogP contribution in [0.2, 0.25) is 0 Å². The van der Waals surface area contributed by atoms with Gasteiger partial charge in [-0.05, 0) is 0 Å². The van der Waals surface area contributed by atoms with Crippen molar-refractivity contribution in [2.24, 2.45) is 0 Å². The summed E-state index contributed by atoms with van der Waals surface area (Å²) in [6.45, 7) is -0.0719. The SMILES string of the molecule is O=c1[nH]c(=O)n2ncc(C3CSC(CO)O3)c2[nH]1.